The van der Waals surface area contributed by atoms with Crippen molar-refractivity contribution in [1.82, 2.24) is 0 Å². The third-order valence-electron chi connectivity index (χ3n) is 3.79. The van der Waals surface area contributed by atoms with Gasteiger partial charge in [0.05, 0.1) is 0 Å². The Labute approximate surface area is 133 Å². The average Bonchev–Trinajstić information content (AvgIpc) is 2.89. The van der Waals surface area contributed by atoms with Gasteiger partial charge in [0.1, 0.15) is 0 Å². The first-order chi connectivity index (χ1) is 9.78. The molecule has 1 heterocycles. The molecule has 3 heteroatoms. The molecule has 20 heavy (non-hydrogen) atoms. The van der Waals surface area contributed by atoms with Crippen molar-refractivity contribution in [1.29, 1.82) is 0 Å². The molecular formula is C17H18BrNS. The molecule has 2 aromatic rings. The molecule has 0 fully saturated rings. The van der Waals surface area contributed by atoms with Crippen LogP contribution in [0.5, 0.6) is 0 Å². The SMILES string of the molecule is CCc1cc(Br)ccc1NCC1CSc2ccccc21. The van der Waals surface area contributed by atoms with Crippen molar-refractivity contribution in [2.24, 2.45) is 0 Å². The van der Waals surface area contributed by atoms with Crippen molar-refractivity contribution < 1.29 is 0 Å². The standard InChI is InChI=1S/C17H18BrNS/c1-2-12-9-14(18)7-8-16(12)19-10-13-11-20-17-6-4-3-5-15(13)17/h3-9,13,19H,2,10-11H2,1H3. The third-order valence-corrected chi connectivity index (χ3v) is 5.53. The maximum Gasteiger partial charge on any atom is 0.0373 e. The van der Waals surface area contributed by atoms with E-state index in [1.165, 1.54) is 27.5 Å². The largest absolute Gasteiger partial charge is 0.384 e. The Balaban J connectivity index is 1.72. The van der Waals surface area contributed by atoms with Gasteiger partial charge in [-0.2, -0.15) is 0 Å². The summed E-state index contributed by atoms with van der Waals surface area (Å²) < 4.78 is 1.15. The van der Waals surface area contributed by atoms with Gasteiger partial charge in [-0.15, -0.1) is 11.8 Å². The monoisotopic (exact) mass is 347 g/mol. The maximum atomic E-state index is 3.64. The molecule has 1 aliphatic rings. The normalized spacial score (nSPS) is 17.0. The second-order valence-corrected chi connectivity index (χ2v) is 7.06. The van der Waals surface area contributed by atoms with E-state index >= 15 is 0 Å². The van der Waals surface area contributed by atoms with Crippen LogP contribution in [0.1, 0.15) is 24.0 Å². The summed E-state index contributed by atoms with van der Waals surface area (Å²) in [5.74, 6) is 1.80. The van der Waals surface area contributed by atoms with Gasteiger partial charge in [0.15, 0.2) is 0 Å². The molecular weight excluding hydrogens is 330 g/mol. The number of aryl methyl sites for hydroxylation is 1. The molecule has 1 aliphatic heterocycles. The van der Waals surface area contributed by atoms with Gasteiger partial charge in [0.25, 0.3) is 0 Å². The Morgan fingerprint density at radius 2 is 2.10 bits per heavy atom. The van der Waals surface area contributed by atoms with Crippen LogP contribution in [-0.2, 0) is 6.42 Å². The van der Waals surface area contributed by atoms with Crippen LogP contribution >= 0.6 is 27.7 Å². The molecule has 0 aromatic heterocycles. The van der Waals surface area contributed by atoms with E-state index < -0.39 is 0 Å². The second-order valence-electron chi connectivity index (χ2n) is 5.08. The van der Waals surface area contributed by atoms with Crippen LogP contribution in [0.3, 0.4) is 0 Å². The van der Waals surface area contributed by atoms with E-state index in [9.17, 15) is 0 Å². The van der Waals surface area contributed by atoms with Gasteiger partial charge < -0.3 is 5.32 Å². The molecule has 0 bridgehead atoms. The van der Waals surface area contributed by atoms with Gasteiger partial charge in [-0.25, -0.2) is 0 Å². The Morgan fingerprint density at radius 3 is 2.95 bits per heavy atom. The number of nitrogens with one attached hydrogen (secondary N) is 1. The zero-order chi connectivity index (χ0) is 13.9. The Hall–Kier alpha value is -0.930. The third kappa shape index (κ3) is 2.89. The van der Waals surface area contributed by atoms with Gasteiger partial charge in [-0.3, -0.25) is 0 Å². The first kappa shape index (κ1) is 14.0. The van der Waals surface area contributed by atoms with Crippen molar-refractivity contribution in [2.45, 2.75) is 24.2 Å². The number of rotatable bonds is 4. The highest BCUT2D eigenvalue weighted by Gasteiger charge is 2.22. The summed E-state index contributed by atoms with van der Waals surface area (Å²) in [5, 5.41) is 3.64. The number of hydrogen-bond acceptors (Lipinski definition) is 2. The Bertz CT molecular complexity index is 612. The number of thioether (sulfide) groups is 1. The summed E-state index contributed by atoms with van der Waals surface area (Å²) in [7, 11) is 0. The number of anilines is 1. The van der Waals surface area contributed by atoms with E-state index in [1.54, 1.807) is 0 Å². The van der Waals surface area contributed by atoms with Crippen LogP contribution in [0.15, 0.2) is 51.8 Å². The van der Waals surface area contributed by atoms with Crippen LogP contribution < -0.4 is 5.32 Å². The molecule has 1 N–H and O–H groups in total. The molecule has 3 rings (SSSR count). The summed E-state index contributed by atoms with van der Waals surface area (Å²) in [6.07, 6.45) is 1.05. The van der Waals surface area contributed by atoms with E-state index in [4.69, 9.17) is 0 Å². The number of hydrogen-bond donors (Lipinski definition) is 1. The summed E-state index contributed by atoms with van der Waals surface area (Å²) in [4.78, 5) is 1.45. The molecule has 0 amide bonds. The molecule has 1 unspecified atom stereocenters. The van der Waals surface area contributed by atoms with Crippen LogP contribution in [-0.4, -0.2) is 12.3 Å². The lowest BCUT2D eigenvalue weighted by molar-refractivity contribution is 0.817. The average molecular weight is 348 g/mol. The molecule has 0 radical (unpaired) electrons. The molecule has 0 aliphatic carbocycles. The molecule has 0 saturated heterocycles. The van der Waals surface area contributed by atoms with Crippen LogP contribution in [0.25, 0.3) is 0 Å². The van der Waals surface area contributed by atoms with Gasteiger partial charge in [0.2, 0.25) is 0 Å². The first-order valence-electron chi connectivity index (χ1n) is 7.02. The summed E-state index contributed by atoms with van der Waals surface area (Å²) in [6.45, 7) is 3.21. The highest BCUT2D eigenvalue weighted by Crippen LogP contribution is 2.39. The predicted molar refractivity (Wildman–Crippen MR) is 91.9 cm³/mol. The van der Waals surface area contributed by atoms with Crippen molar-refractivity contribution >= 4 is 33.4 Å². The van der Waals surface area contributed by atoms with Crippen LogP contribution in [0.2, 0.25) is 0 Å². The van der Waals surface area contributed by atoms with E-state index in [0.29, 0.717) is 5.92 Å². The zero-order valence-corrected chi connectivity index (χ0v) is 13.9. The highest BCUT2D eigenvalue weighted by atomic mass is 79.9. The van der Waals surface area contributed by atoms with Gasteiger partial charge in [-0.1, -0.05) is 41.1 Å². The van der Waals surface area contributed by atoms with Crippen LogP contribution in [0, 0.1) is 0 Å². The zero-order valence-electron chi connectivity index (χ0n) is 11.5. The second kappa shape index (κ2) is 6.23. The van der Waals surface area contributed by atoms with Crippen LogP contribution in [0.4, 0.5) is 5.69 Å². The first-order valence-corrected chi connectivity index (χ1v) is 8.80. The van der Waals surface area contributed by atoms with Crippen molar-refractivity contribution in [3.8, 4) is 0 Å². The van der Waals surface area contributed by atoms with E-state index in [0.717, 1.165) is 17.4 Å². The minimum atomic E-state index is 0.615. The van der Waals surface area contributed by atoms with Gasteiger partial charge >= 0.3 is 0 Å². The molecule has 0 spiro atoms. The summed E-state index contributed by atoms with van der Waals surface area (Å²) in [6, 6.07) is 15.3. The quantitative estimate of drug-likeness (QED) is 0.803. The minimum absolute atomic E-state index is 0.615. The molecule has 1 nitrogen and oxygen atoms in total. The van der Waals surface area contributed by atoms with E-state index in [2.05, 4.69) is 70.6 Å². The lowest BCUT2D eigenvalue weighted by Gasteiger charge is -2.16. The molecule has 1 atom stereocenters. The van der Waals surface area contributed by atoms with Crippen molar-refractivity contribution in [3.63, 3.8) is 0 Å². The molecule has 0 saturated carbocycles. The number of fused-ring (bicyclic) bond motifs is 1. The topological polar surface area (TPSA) is 12.0 Å². The Morgan fingerprint density at radius 1 is 1.25 bits per heavy atom. The molecule has 104 valence electrons. The fraction of sp³-hybridized carbons (Fsp3) is 0.294. The van der Waals surface area contributed by atoms with Gasteiger partial charge in [-0.05, 0) is 41.8 Å². The lowest BCUT2D eigenvalue weighted by Crippen LogP contribution is -2.13. The smallest absolute Gasteiger partial charge is 0.0373 e. The number of benzene rings is 2. The van der Waals surface area contributed by atoms with Crippen molar-refractivity contribution in [3.05, 3.63) is 58.1 Å². The summed E-state index contributed by atoms with van der Waals surface area (Å²) >= 11 is 5.52. The van der Waals surface area contributed by atoms with E-state index in [-0.39, 0.29) is 0 Å². The molecule has 2 aromatic carbocycles. The fourth-order valence-electron chi connectivity index (χ4n) is 2.66. The van der Waals surface area contributed by atoms with E-state index in [1.807, 2.05) is 11.8 Å². The fourth-order valence-corrected chi connectivity index (χ4v) is 4.32. The van der Waals surface area contributed by atoms with Crippen molar-refractivity contribution in [2.75, 3.05) is 17.6 Å². The number of halogens is 1. The highest BCUT2D eigenvalue weighted by molar-refractivity contribution is 9.10. The summed E-state index contributed by atoms with van der Waals surface area (Å²) in [5.41, 5.74) is 4.14. The lowest BCUT2D eigenvalue weighted by atomic mass is 10.0. The maximum absolute atomic E-state index is 3.64. The minimum Gasteiger partial charge on any atom is -0.384 e. The Kier molecular flexibility index (Phi) is 4.37. The van der Waals surface area contributed by atoms with Gasteiger partial charge in [0, 0.05) is 33.3 Å². The predicted octanol–water partition coefficient (Wildman–Crippen LogP) is 5.31.